The molecule has 1 heterocycles. The second kappa shape index (κ2) is 7.63. The lowest BCUT2D eigenvalue weighted by Gasteiger charge is -2.25. The SMILES string of the molecule is COc1ccc(CNC(=O)OC(C)(C)C)cc1N1C(=O)CCC1C(N)=O. The second-order valence-electron chi connectivity index (χ2n) is 7.08. The summed E-state index contributed by atoms with van der Waals surface area (Å²) in [6.07, 6.45) is 0.0802. The van der Waals surface area contributed by atoms with Crippen LogP contribution in [0, 0.1) is 0 Å². The molecule has 3 amide bonds. The van der Waals surface area contributed by atoms with Gasteiger partial charge in [0.2, 0.25) is 11.8 Å². The van der Waals surface area contributed by atoms with Crippen LogP contribution in [0.2, 0.25) is 0 Å². The first-order chi connectivity index (χ1) is 12.1. The maximum atomic E-state index is 12.3. The standard InChI is InChI=1S/C18H25N3O5/c1-18(2,3)26-17(24)20-10-11-5-7-14(25-4)13(9-11)21-12(16(19)23)6-8-15(21)22/h5,7,9,12H,6,8,10H2,1-4H3,(H2,19,23)(H,20,24). The molecule has 1 aliphatic rings. The van der Waals surface area contributed by atoms with Crippen molar-refractivity contribution in [1.82, 2.24) is 5.32 Å². The molecule has 142 valence electrons. The summed E-state index contributed by atoms with van der Waals surface area (Å²) in [6.45, 7) is 5.54. The number of nitrogens with zero attached hydrogens (tertiary/aromatic N) is 1. The lowest BCUT2D eigenvalue weighted by molar-refractivity contribution is -0.121. The number of anilines is 1. The van der Waals surface area contributed by atoms with E-state index in [0.717, 1.165) is 5.56 Å². The van der Waals surface area contributed by atoms with Crippen LogP contribution < -0.4 is 20.7 Å². The van der Waals surface area contributed by atoms with Gasteiger partial charge in [-0.2, -0.15) is 0 Å². The van der Waals surface area contributed by atoms with Crippen molar-refractivity contribution in [3.63, 3.8) is 0 Å². The Morgan fingerprint density at radius 1 is 1.35 bits per heavy atom. The van der Waals surface area contributed by atoms with Crippen LogP contribution in [0.5, 0.6) is 5.75 Å². The lowest BCUT2D eigenvalue weighted by Crippen LogP contribution is -2.42. The Balaban J connectivity index is 2.22. The van der Waals surface area contributed by atoms with Crippen molar-refractivity contribution < 1.29 is 23.9 Å². The smallest absolute Gasteiger partial charge is 0.407 e. The van der Waals surface area contributed by atoms with Gasteiger partial charge in [-0.25, -0.2) is 4.79 Å². The van der Waals surface area contributed by atoms with Gasteiger partial charge in [0.15, 0.2) is 0 Å². The number of amides is 3. The molecule has 1 unspecified atom stereocenters. The van der Waals surface area contributed by atoms with Gasteiger partial charge in [-0.1, -0.05) is 6.07 Å². The summed E-state index contributed by atoms with van der Waals surface area (Å²) >= 11 is 0. The Bertz CT molecular complexity index is 711. The molecule has 1 aromatic carbocycles. The molecule has 0 saturated carbocycles. The third-order valence-corrected chi connectivity index (χ3v) is 3.88. The van der Waals surface area contributed by atoms with Crippen molar-refractivity contribution in [2.45, 2.75) is 51.8 Å². The molecule has 1 saturated heterocycles. The molecule has 8 heteroatoms. The van der Waals surface area contributed by atoms with Gasteiger partial charge in [0, 0.05) is 13.0 Å². The van der Waals surface area contributed by atoms with Crippen molar-refractivity contribution in [3.05, 3.63) is 23.8 Å². The van der Waals surface area contributed by atoms with E-state index >= 15 is 0 Å². The van der Waals surface area contributed by atoms with Gasteiger partial charge in [0.05, 0.1) is 12.8 Å². The summed E-state index contributed by atoms with van der Waals surface area (Å²) in [6, 6.07) is 4.45. The van der Waals surface area contributed by atoms with Crippen LogP contribution in [0.4, 0.5) is 10.5 Å². The van der Waals surface area contributed by atoms with E-state index in [1.54, 1.807) is 39.0 Å². The van der Waals surface area contributed by atoms with Gasteiger partial charge in [0.1, 0.15) is 17.4 Å². The minimum absolute atomic E-state index is 0.190. The van der Waals surface area contributed by atoms with Crippen LogP contribution in [-0.4, -0.2) is 36.7 Å². The van der Waals surface area contributed by atoms with Crippen LogP contribution in [0.1, 0.15) is 39.2 Å². The van der Waals surface area contributed by atoms with E-state index in [1.807, 2.05) is 0 Å². The number of hydrogen-bond donors (Lipinski definition) is 2. The molecular weight excluding hydrogens is 338 g/mol. The molecule has 1 aromatic rings. The molecule has 26 heavy (non-hydrogen) atoms. The van der Waals surface area contributed by atoms with E-state index in [4.69, 9.17) is 15.2 Å². The molecule has 0 aromatic heterocycles. The zero-order valence-electron chi connectivity index (χ0n) is 15.5. The van der Waals surface area contributed by atoms with Gasteiger partial charge < -0.3 is 20.5 Å². The Labute approximate surface area is 152 Å². The van der Waals surface area contributed by atoms with Crippen LogP contribution in [0.3, 0.4) is 0 Å². The molecule has 8 nitrogen and oxygen atoms in total. The fourth-order valence-electron chi connectivity index (χ4n) is 2.78. The van der Waals surface area contributed by atoms with Crippen molar-refractivity contribution in [2.75, 3.05) is 12.0 Å². The molecule has 0 bridgehead atoms. The Kier molecular flexibility index (Phi) is 5.74. The number of methoxy groups -OCH3 is 1. The van der Waals surface area contributed by atoms with Crippen LogP contribution in [-0.2, 0) is 20.9 Å². The predicted octanol–water partition coefficient (Wildman–Crippen LogP) is 1.70. The highest BCUT2D eigenvalue weighted by Crippen LogP contribution is 2.35. The Morgan fingerprint density at radius 3 is 2.62 bits per heavy atom. The quantitative estimate of drug-likeness (QED) is 0.827. The Morgan fingerprint density at radius 2 is 2.04 bits per heavy atom. The van der Waals surface area contributed by atoms with E-state index < -0.39 is 23.6 Å². The molecule has 0 radical (unpaired) electrons. The first-order valence-electron chi connectivity index (χ1n) is 8.37. The number of carbonyl (C=O) groups excluding carboxylic acids is 3. The maximum Gasteiger partial charge on any atom is 0.407 e. The number of hydrogen-bond acceptors (Lipinski definition) is 5. The highest BCUT2D eigenvalue weighted by atomic mass is 16.6. The van der Waals surface area contributed by atoms with Crippen molar-refractivity contribution in [1.29, 1.82) is 0 Å². The first-order valence-corrected chi connectivity index (χ1v) is 8.37. The summed E-state index contributed by atoms with van der Waals surface area (Å²) in [5.41, 5.74) is 6.03. The number of nitrogens with one attached hydrogen (secondary N) is 1. The summed E-state index contributed by atoms with van der Waals surface area (Å²) in [5.74, 6) is -0.299. The normalized spacial score (nSPS) is 17.2. The topological polar surface area (TPSA) is 111 Å². The molecular formula is C18H25N3O5. The predicted molar refractivity (Wildman–Crippen MR) is 95.8 cm³/mol. The number of carbonyl (C=O) groups is 3. The largest absolute Gasteiger partial charge is 0.495 e. The third-order valence-electron chi connectivity index (χ3n) is 3.88. The monoisotopic (exact) mass is 363 g/mol. The fourth-order valence-corrected chi connectivity index (χ4v) is 2.78. The number of benzene rings is 1. The average molecular weight is 363 g/mol. The van der Waals surface area contributed by atoms with Gasteiger partial charge >= 0.3 is 6.09 Å². The minimum atomic E-state index is -0.703. The molecule has 3 N–H and O–H groups in total. The number of primary amides is 1. The lowest BCUT2D eigenvalue weighted by atomic mass is 10.1. The number of ether oxygens (including phenoxy) is 2. The van der Waals surface area contributed by atoms with Crippen molar-refractivity contribution >= 4 is 23.6 Å². The summed E-state index contributed by atoms with van der Waals surface area (Å²) < 4.78 is 10.5. The number of rotatable bonds is 5. The van der Waals surface area contributed by atoms with Crippen molar-refractivity contribution in [3.8, 4) is 5.75 Å². The highest BCUT2D eigenvalue weighted by molar-refractivity contribution is 6.04. The van der Waals surface area contributed by atoms with Crippen LogP contribution in [0.25, 0.3) is 0 Å². The van der Waals surface area contributed by atoms with Gasteiger partial charge in [0.25, 0.3) is 0 Å². The second-order valence-corrected chi connectivity index (χ2v) is 7.08. The molecule has 1 atom stereocenters. The van der Waals surface area contributed by atoms with Crippen LogP contribution >= 0.6 is 0 Å². The van der Waals surface area contributed by atoms with E-state index in [-0.39, 0.29) is 18.9 Å². The highest BCUT2D eigenvalue weighted by Gasteiger charge is 2.37. The summed E-state index contributed by atoms with van der Waals surface area (Å²) in [4.78, 5) is 37.1. The molecule has 1 aliphatic heterocycles. The maximum absolute atomic E-state index is 12.3. The van der Waals surface area contributed by atoms with E-state index in [2.05, 4.69) is 5.32 Å². The number of alkyl carbamates (subject to hydrolysis) is 1. The van der Waals surface area contributed by atoms with Crippen molar-refractivity contribution in [2.24, 2.45) is 5.73 Å². The molecule has 0 aliphatic carbocycles. The van der Waals surface area contributed by atoms with Crippen LogP contribution in [0.15, 0.2) is 18.2 Å². The van der Waals surface area contributed by atoms with Gasteiger partial charge in [-0.05, 0) is 44.9 Å². The third kappa shape index (κ3) is 4.65. The number of nitrogens with two attached hydrogens (primary N) is 1. The zero-order chi connectivity index (χ0) is 19.5. The van der Waals surface area contributed by atoms with Gasteiger partial charge in [-0.15, -0.1) is 0 Å². The first kappa shape index (κ1) is 19.6. The molecule has 0 spiro atoms. The molecule has 2 rings (SSSR count). The molecule has 1 fully saturated rings. The fraction of sp³-hybridized carbons (Fsp3) is 0.500. The summed E-state index contributed by atoms with van der Waals surface area (Å²) in [5, 5.41) is 2.66. The average Bonchev–Trinajstić information content (AvgIpc) is 2.92. The Hall–Kier alpha value is -2.77. The van der Waals surface area contributed by atoms with E-state index in [0.29, 0.717) is 17.9 Å². The minimum Gasteiger partial charge on any atom is -0.495 e. The van der Waals surface area contributed by atoms with E-state index in [9.17, 15) is 14.4 Å². The van der Waals surface area contributed by atoms with E-state index in [1.165, 1.54) is 12.0 Å². The zero-order valence-corrected chi connectivity index (χ0v) is 15.5. The van der Waals surface area contributed by atoms with Gasteiger partial charge in [-0.3, -0.25) is 14.5 Å². The summed E-state index contributed by atoms with van der Waals surface area (Å²) in [7, 11) is 1.48.